The molecule has 1 aliphatic heterocycles. The first-order valence-corrected chi connectivity index (χ1v) is 7.30. The van der Waals surface area contributed by atoms with Gasteiger partial charge < -0.3 is 19.5 Å². The van der Waals surface area contributed by atoms with Gasteiger partial charge in [0.1, 0.15) is 5.75 Å². The first-order valence-electron chi connectivity index (χ1n) is 7.30. The number of carbonyl (C=O) groups is 1. The average molecular weight is 324 g/mol. The minimum atomic E-state index is -0.490. The number of rotatable bonds is 7. The zero-order valence-electron chi connectivity index (χ0n) is 12.9. The number of benzene rings is 1. The van der Waals surface area contributed by atoms with Gasteiger partial charge in [-0.2, -0.15) is 0 Å². The van der Waals surface area contributed by atoms with Crippen LogP contribution < -0.4 is 10.1 Å². The quantitative estimate of drug-likeness (QED) is 0.599. The number of nitrogens with zero attached hydrogens (tertiary/aromatic N) is 1. The van der Waals surface area contributed by atoms with Crippen molar-refractivity contribution < 1.29 is 23.9 Å². The predicted molar refractivity (Wildman–Crippen MR) is 81.4 cm³/mol. The molecule has 1 aromatic carbocycles. The highest BCUT2D eigenvalue weighted by Crippen LogP contribution is 2.21. The minimum absolute atomic E-state index is 0.0249. The third kappa shape index (κ3) is 4.90. The summed E-state index contributed by atoms with van der Waals surface area (Å²) in [5.74, 6) is 0.140. The summed E-state index contributed by atoms with van der Waals surface area (Å²) in [4.78, 5) is 22.2. The number of non-ortho nitro benzene ring substituents is 1. The van der Waals surface area contributed by atoms with Crippen LogP contribution in [0.3, 0.4) is 0 Å². The van der Waals surface area contributed by atoms with Gasteiger partial charge in [0.2, 0.25) is 0 Å². The second-order valence-electron chi connectivity index (χ2n) is 5.41. The lowest BCUT2D eigenvalue weighted by molar-refractivity contribution is -0.384. The van der Waals surface area contributed by atoms with Crippen molar-refractivity contribution in [2.45, 2.75) is 18.4 Å². The van der Waals surface area contributed by atoms with Crippen LogP contribution >= 0.6 is 0 Å². The van der Waals surface area contributed by atoms with Gasteiger partial charge in [-0.3, -0.25) is 14.9 Å². The second-order valence-corrected chi connectivity index (χ2v) is 5.41. The summed E-state index contributed by atoms with van der Waals surface area (Å²) < 4.78 is 15.9. The topological polar surface area (TPSA) is 99.9 Å². The van der Waals surface area contributed by atoms with Crippen LogP contribution in [0.15, 0.2) is 24.3 Å². The lowest BCUT2D eigenvalue weighted by atomic mass is 9.91. The van der Waals surface area contributed by atoms with Crippen molar-refractivity contribution in [1.29, 1.82) is 0 Å². The van der Waals surface area contributed by atoms with E-state index >= 15 is 0 Å². The molecule has 1 fully saturated rings. The highest BCUT2D eigenvalue weighted by Gasteiger charge is 2.34. The highest BCUT2D eigenvalue weighted by atomic mass is 16.6. The molecule has 1 aliphatic rings. The maximum atomic E-state index is 12.1. The summed E-state index contributed by atoms with van der Waals surface area (Å²) in [6.07, 6.45) is 1.37. The van der Waals surface area contributed by atoms with Crippen molar-refractivity contribution in [2.24, 2.45) is 0 Å². The van der Waals surface area contributed by atoms with Crippen LogP contribution in [0.25, 0.3) is 0 Å². The standard InChI is InChI=1S/C15H20N2O6/c1-21-11-15(6-8-22-9-7-15)16-14(18)10-23-13-4-2-12(3-5-13)17(19)20/h2-5H,6-11H2,1H3,(H,16,18). The molecule has 0 aliphatic carbocycles. The molecule has 0 spiro atoms. The van der Waals surface area contributed by atoms with Crippen LogP contribution in [0, 0.1) is 10.1 Å². The smallest absolute Gasteiger partial charge is 0.269 e. The van der Waals surface area contributed by atoms with Crippen molar-refractivity contribution in [3.8, 4) is 5.75 Å². The molecule has 1 N–H and O–H groups in total. The van der Waals surface area contributed by atoms with E-state index in [-0.39, 0.29) is 18.2 Å². The summed E-state index contributed by atoms with van der Waals surface area (Å²) in [6.45, 7) is 1.41. The Labute approximate surface area is 133 Å². The van der Waals surface area contributed by atoms with E-state index in [0.29, 0.717) is 38.4 Å². The van der Waals surface area contributed by atoms with E-state index in [1.165, 1.54) is 24.3 Å². The Morgan fingerprint density at radius 2 is 2.00 bits per heavy atom. The SMILES string of the molecule is COCC1(NC(=O)COc2ccc([N+](=O)[O-])cc2)CCOCC1. The van der Waals surface area contributed by atoms with E-state index in [0.717, 1.165) is 0 Å². The Hall–Kier alpha value is -2.19. The molecule has 0 atom stereocenters. The molecule has 0 saturated carbocycles. The first-order chi connectivity index (χ1) is 11.0. The molecular formula is C15H20N2O6. The van der Waals surface area contributed by atoms with Crippen LogP contribution in [-0.2, 0) is 14.3 Å². The molecule has 0 unspecified atom stereocenters. The molecule has 126 valence electrons. The van der Waals surface area contributed by atoms with Gasteiger partial charge in [-0.15, -0.1) is 0 Å². The number of nitro benzene ring substituents is 1. The Morgan fingerprint density at radius 1 is 1.35 bits per heavy atom. The second kappa shape index (κ2) is 7.89. The summed E-state index contributed by atoms with van der Waals surface area (Å²) in [5.41, 5.74) is -0.453. The third-order valence-electron chi connectivity index (χ3n) is 3.69. The van der Waals surface area contributed by atoms with Crippen molar-refractivity contribution in [3.05, 3.63) is 34.4 Å². The number of methoxy groups -OCH3 is 1. The number of hydrogen-bond donors (Lipinski definition) is 1. The Kier molecular flexibility index (Phi) is 5.89. The van der Waals surface area contributed by atoms with Gasteiger partial charge in [0.25, 0.3) is 11.6 Å². The summed E-state index contributed by atoms with van der Waals surface area (Å²) >= 11 is 0. The van der Waals surface area contributed by atoms with Crippen molar-refractivity contribution >= 4 is 11.6 Å². The molecule has 1 heterocycles. The minimum Gasteiger partial charge on any atom is -0.484 e. The van der Waals surface area contributed by atoms with Gasteiger partial charge in [0.15, 0.2) is 6.61 Å². The van der Waals surface area contributed by atoms with E-state index in [2.05, 4.69) is 5.32 Å². The van der Waals surface area contributed by atoms with E-state index in [4.69, 9.17) is 14.2 Å². The Balaban J connectivity index is 1.87. The first kappa shape index (κ1) is 17.2. The van der Waals surface area contributed by atoms with Crippen LogP contribution in [0.4, 0.5) is 5.69 Å². The molecule has 1 saturated heterocycles. The number of nitrogens with one attached hydrogen (secondary N) is 1. The van der Waals surface area contributed by atoms with Crippen molar-refractivity contribution in [1.82, 2.24) is 5.32 Å². The summed E-state index contributed by atoms with van der Waals surface area (Å²) in [5, 5.41) is 13.5. The molecule has 8 nitrogen and oxygen atoms in total. The number of hydrogen-bond acceptors (Lipinski definition) is 6. The van der Waals surface area contributed by atoms with Crippen LogP contribution in [-0.4, -0.2) is 49.9 Å². The molecular weight excluding hydrogens is 304 g/mol. The molecule has 8 heteroatoms. The van der Waals surface area contributed by atoms with E-state index in [1.54, 1.807) is 7.11 Å². The lowest BCUT2D eigenvalue weighted by Gasteiger charge is -2.37. The molecule has 1 aromatic rings. The molecule has 23 heavy (non-hydrogen) atoms. The summed E-state index contributed by atoms with van der Waals surface area (Å²) in [6, 6.07) is 5.59. The average Bonchev–Trinajstić information content (AvgIpc) is 2.54. The number of amides is 1. The lowest BCUT2D eigenvalue weighted by Crippen LogP contribution is -2.56. The number of ether oxygens (including phenoxy) is 3. The number of nitro groups is 1. The Bertz CT molecular complexity index is 534. The van der Waals surface area contributed by atoms with Gasteiger partial charge in [-0.05, 0) is 25.0 Å². The van der Waals surface area contributed by atoms with Gasteiger partial charge in [-0.25, -0.2) is 0 Å². The monoisotopic (exact) mass is 324 g/mol. The molecule has 0 aromatic heterocycles. The van der Waals surface area contributed by atoms with E-state index in [9.17, 15) is 14.9 Å². The highest BCUT2D eigenvalue weighted by molar-refractivity contribution is 5.78. The van der Waals surface area contributed by atoms with Gasteiger partial charge in [0.05, 0.1) is 17.1 Å². The molecule has 0 radical (unpaired) electrons. The van der Waals surface area contributed by atoms with Gasteiger partial charge in [0, 0.05) is 32.5 Å². The fourth-order valence-corrected chi connectivity index (χ4v) is 2.49. The fourth-order valence-electron chi connectivity index (χ4n) is 2.49. The van der Waals surface area contributed by atoms with Gasteiger partial charge in [-0.1, -0.05) is 0 Å². The maximum Gasteiger partial charge on any atom is 0.269 e. The zero-order valence-corrected chi connectivity index (χ0v) is 12.9. The zero-order chi connectivity index (χ0) is 16.7. The number of carbonyl (C=O) groups excluding carboxylic acids is 1. The van der Waals surface area contributed by atoms with E-state index in [1.807, 2.05) is 0 Å². The summed E-state index contributed by atoms with van der Waals surface area (Å²) in [7, 11) is 1.59. The normalized spacial score (nSPS) is 16.6. The van der Waals surface area contributed by atoms with Crippen molar-refractivity contribution in [3.63, 3.8) is 0 Å². The molecule has 2 rings (SSSR count). The predicted octanol–water partition coefficient (Wildman–Crippen LogP) is 1.29. The van der Waals surface area contributed by atoms with Crippen LogP contribution in [0.5, 0.6) is 5.75 Å². The fraction of sp³-hybridized carbons (Fsp3) is 0.533. The van der Waals surface area contributed by atoms with Crippen LogP contribution in [0.2, 0.25) is 0 Å². The largest absolute Gasteiger partial charge is 0.484 e. The molecule has 0 bridgehead atoms. The maximum absolute atomic E-state index is 12.1. The van der Waals surface area contributed by atoms with Crippen molar-refractivity contribution in [2.75, 3.05) is 33.5 Å². The third-order valence-corrected chi connectivity index (χ3v) is 3.69. The van der Waals surface area contributed by atoms with Crippen LogP contribution in [0.1, 0.15) is 12.8 Å². The van der Waals surface area contributed by atoms with E-state index < -0.39 is 10.5 Å². The Morgan fingerprint density at radius 3 is 2.57 bits per heavy atom. The molecule has 1 amide bonds. The van der Waals surface area contributed by atoms with Gasteiger partial charge >= 0.3 is 0 Å².